The molecule has 2 aromatic rings. The van der Waals surface area contributed by atoms with Crippen LogP contribution in [0.4, 0.5) is 22.0 Å². The Bertz CT molecular complexity index is 669. The molecule has 0 amide bonds. The molecule has 2 N–H and O–H groups in total. The van der Waals surface area contributed by atoms with Crippen LogP contribution >= 0.6 is 15.9 Å². The van der Waals surface area contributed by atoms with E-state index in [0.29, 0.717) is 22.7 Å². The third-order valence-electron chi connectivity index (χ3n) is 2.95. The second kappa shape index (κ2) is 5.73. The zero-order chi connectivity index (χ0) is 15.8. The van der Waals surface area contributed by atoms with Crippen LogP contribution in [0.25, 0.3) is 0 Å². The lowest BCUT2D eigenvalue weighted by Gasteiger charge is -2.19. The molecule has 7 heteroatoms. The van der Waals surface area contributed by atoms with E-state index in [4.69, 9.17) is 5.73 Å². The van der Waals surface area contributed by atoms with Gasteiger partial charge in [-0.15, -0.1) is 0 Å². The molecule has 0 spiro atoms. The lowest BCUT2D eigenvalue weighted by Crippen LogP contribution is -2.20. The van der Waals surface area contributed by atoms with E-state index < -0.39 is 35.0 Å². The lowest BCUT2D eigenvalue weighted by molar-refractivity contribution is -0.138. The lowest BCUT2D eigenvalue weighted by atomic mass is 9.94. The highest BCUT2D eigenvalue weighted by Crippen LogP contribution is 2.37. The monoisotopic (exact) mass is 365 g/mol. The van der Waals surface area contributed by atoms with E-state index in [1.165, 1.54) is 12.1 Å². The van der Waals surface area contributed by atoms with Crippen LogP contribution in [0.5, 0.6) is 0 Å². The Morgan fingerprint density at radius 3 is 2.24 bits per heavy atom. The molecule has 0 saturated carbocycles. The molecule has 0 heterocycles. The van der Waals surface area contributed by atoms with Gasteiger partial charge in [-0.05, 0) is 42.0 Å². The summed E-state index contributed by atoms with van der Waals surface area (Å²) < 4.78 is 66.3. The summed E-state index contributed by atoms with van der Waals surface area (Å²) in [7, 11) is 0. The fraction of sp³-hybridized carbons (Fsp3) is 0.143. The molecule has 1 nitrogen and oxygen atoms in total. The van der Waals surface area contributed by atoms with Gasteiger partial charge in [0, 0.05) is 10.0 Å². The molecule has 1 unspecified atom stereocenters. The van der Waals surface area contributed by atoms with E-state index in [1.54, 1.807) is 0 Å². The van der Waals surface area contributed by atoms with Crippen LogP contribution in [0.1, 0.15) is 22.7 Å². The van der Waals surface area contributed by atoms with E-state index in [2.05, 4.69) is 15.9 Å². The van der Waals surface area contributed by atoms with E-state index in [-0.39, 0.29) is 5.56 Å². The maximum absolute atomic E-state index is 13.8. The van der Waals surface area contributed by atoms with Gasteiger partial charge in [-0.25, -0.2) is 8.78 Å². The van der Waals surface area contributed by atoms with Gasteiger partial charge in [-0.2, -0.15) is 13.2 Å². The molecule has 2 rings (SSSR count). The highest BCUT2D eigenvalue weighted by Gasteiger charge is 2.35. The normalized spacial score (nSPS) is 13.3. The fourth-order valence-electron chi connectivity index (χ4n) is 1.97. The van der Waals surface area contributed by atoms with Crippen LogP contribution in [0.2, 0.25) is 0 Å². The Labute approximate surface area is 125 Å². The molecule has 0 radical (unpaired) electrons. The number of rotatable bonds is 2. The number of nitrogens with two attached hydrogens (primary N) is 1. The Morgan fingerprint density at radius 2 is 1.62 bits per heavy atom. The number of hydrogen-bond donors (Lipinski definition) is 1. The van der Waals surface area contributed by atoms with Crippen LogP contribution in [0.3, 0.4) is 0 Å². The van der Waals surface area contributed by atoms with Gasteiger partial charge in [0.05, 0.1) is 11.6 Å². The van der Waals surface area contributed by atoms with Crippen molar-refractivity contribution in [2.24, 2.45) is 5.73 Å². The minimum absolute atomic E-state index is 0.152. The standard InChI is InChI=1S/C14H9BrF5N/c15-7-1-4-12(17)10(5-7)13(21)9-6-8(16)2-3-11(9)14(18,19)20/h1-6,13H,21H2. The summed E-state index contributed by atoms with van der Waals surface area (Å²) in [5.74, 6) is -1.63. The predicted molar refractivity (Wildman–Crippen MR) is 71.5 cm³/mol. The Balaban J connectivity index is 2.60. The van der Waals surface area contributed by atoms with E-state index in [0.717, 1.165) is 6.07 Å². The molecular weight excluding hydrogens is 357 g/mol. The predicted octanol–water partition coefficient (Wildman–Crippen LogP) is 4.79. The van der Waals surface area contributed by atoms with Crippen molar-refractivity contribution in [3.05, 3.63) is 69.2 Å². The summed E-state index contributed by atoms with van der Waals surface area (Å²) in [5, 5.41) is 0. The number of alkyl halides is 3. The summed E-state index contributed by atoms with van der Waals surface area (Å²) in [6, 6.07) is 4.26. The van der Waals surface area contributed by atoms with Crippen molar-refractivity contribution in [3.63, 3.8) is 0 Å². The van der Waals surface area contributed by atoms with Gasteiger partial charge in [0.25, 0.3) is 0 Å². The van der Waals surface area contributed by atoms with Crippen LogP contribution in [-0.2, 0) is 6.18 Å². The average Bonchev–Trinajstić information content (AvgIpc) is 2.39. The second-order valence-electron chi connectivity index (χ2n) is 4.37. The summed E-state index contributed by atoms with van der Waals surface area (Å²) in [6.45, 7) is 0. The van der Waals surface area contributed by atoms with Crippen LogP contribution < -0.4 is 5.73 Å². The Hall–Kier alpha value is -1.47. The molecule has 0 aromatic heterocycles. The molecule has 0 aliphatic rings. The highest BCUT2D eigenvalue weighted by molar-refractivity contribution is 9.10. The van der Waals surface area contributed by atoms with E-state index >= 15 is 0 Å². The molecule has 0 aliphatic carbocycles. The first kappa shape index (κ1) is 15.9. The van der Waals surface area contributed by atoms with Crippen molar-refractivity contribution in [3.8, 4) is 0 Å². The summed E-state index contributed by atoms with van der Waals surface area (Å²) in [6.07, 6.45) is -4.71. The summed E-state index contributed by atoms with van der Waals surface area (Å²) in [5.41, 5.74) is 3.97. The van der Waals surface area contributed by atoms with Gasteiger partial charge in [0.15, 0.2) is 0 Å². The van der Waals surface area contributed by atoms with Crippen molar-refractivity contribution in [1.82, 2.24) is 0 Å². The summed E-state index contributed by atoms with van der Waals surface area (Å²) in [4.78, 5) is 0. The van der Waals surface area contributed by atoms with Crippen LogP contribution in [0, 0.1) is 11.6 Å². The topological polar surface area (TPSA) is 26.0 Å². The first-order valence-electron chi connectivity index (χ1n) is 5.77. The SMILES string of the molecule is NC(c1cc(Br)ccc1F)c1cc(F)ccc1C(F)(F)F. The van der Waals surface area contributed by atoms with Crippen LogP contribution in [0.15, 0.2) is 40.9 Å². The molecule has 1 atom stereocenters. The maximum atomic E-state index is 13.8. The van der Waals surface area contributed by atoms with E-state index in [1.807, 2.05) is 0 Å². The first-order valence-corrected chi connectivity index (χ1v) is 6.56. The van der Waals surface area contributed by atoms with Crippen LogP contribution in [-0.4, -0.2) is 0 Å². The minimum atomic E-state index is -4.71. The molecule has 0 bridgehead atoms. The molecule has 2 aromatic carbocycles. The fourth-order valence-corrected chi connectivity index (χ4v) is 2.35. The molecule has 0 fully saturated rings. The number of halogens is 6. The highest BCUT2D eigenvalue weighted by atomic mass is 79.9. The Morgan fingerprint density at radius 1 is 0.952 bits per heavy atom. The molecule has 0 saturated heterocycles. The number of hydrogen-bond acceptors (Lipinski definition) is 1. The van der Waals surface area contributed by atoms with Gasteiger partial charge >= 0.3 is 6.18 Å². The Kier molecular flexibility index (Phi) is 4.34. The van der Waals surface area contributed by atoms with Crippen molar-refractivity contribution in [2.45, 2.75) is 12.2 Å². The van der Waals surface area contributed by atoms with E-state index in [9.17, 15) is 22.0 Å². The second-order valence-corrected chi connectivity index (χ2v) is 5.29. The van der Waals surface area contributed by atoms with Gasteiger partial charge in [-0.3, -0.25) is 0 Å². The van der Waals surface area contributed by atoms with Crippen molar-refractivity contribution in [1.29, 1.82) is 0 Å². The number of benzene rings is 2. The quantitative estimate of drug-likeness (QED) is 0.760. The van der Waals surface area contributed by atoms with Crippen molar-refractivity contribution >= 4 is 15.9 Å². The van der Waals surface area contributed by atoms with Gasteiger partial charge in [0.2, 0.25) is 0 Å². The molecule has 0 aliphatic heterocycles. The van der Waals surface area contributed by atoms with Gasteiger partial charge < -0.3 is 5.73 Å². The zero-order valence-electron chi connectivity index (χ0n) is 10.4. The largest absolute Gasteiger partial charge is 0.416 e. The average molecular weight is 366 g/mol. The van der Waals surface area contributed by atoms with Crippen molar-refractivity contribution in [2.75, 3.05) is 0 Å². The smallest absolute Gasteiger partial charge is 0.320 e. The van der Waals surface area contributed by atoms with Gasteiger partial charge in [0.1, 0.15) is 11.6 Å². The molecule has 112 valence electrons. The van der Waals surface area contributed by atoms with Crippen molar-refractivity contribution < 1.29 is 22.0 Å². The van der Waals surface area contributed by atoms with Gasteiger partial charge in [-0.1, -0.05) is 15.9 Å². The first-order chi connectivity index (χ1) is 9.70. The molecular formula is C14H9BrF5N. The maximum Gasteiger partial charge on any atom is 0.416 e. The molecule has 21 heavy (non-hydrogen) atoms. The third kappa shape index (κ3) is 3.41. The minimum Gasteiger partial charge on any atom is -0.320 e. The third-order valence-corrected chi connectivity index (χ3v) is 3.44. The zero-order valence-corrected chi connectivity index (χ0v) is 12.0. The summed E-state index contributed by atoms with van der Waals surface area (Å²) >= 11 is 3.09.